The Kier molecular flexibility index (Phi) is 10.1. The van der Waals surface area contributed by atoms with E-state index in [9.17, 15) is 14.9 Å². The molecule has 48 heavy (non-hydrogen) atoms. The maximum atomic E-state index is 12.3. The molecule has 2 N–H and O–H groups in total. The fourth-order valence-electron chi connectivity index (χ4n) is 6.88. The lowest BCUT2D eigenvalue weighted by Gasteiger charge is -2.06. The molecule has 8 bridgehead atoms. The summed E-state index contributed by atoms with van der Waals surface area (Å²) < 4.78 is 9.96. The average molecular weight is 646 g/mol. The van der Waals surface area contributed by atoms with Crippen LogP contribution < -0.4 is 0 Å². The van der Waals surface area contributed by atoms with Crippen molar-refractivity contribution in [1.29, 1.82) is 5.26 Å². The van der Waals surface area contributed by atoms with Gasteiger partial charge in [0, 0.05) is 46.5 Å². The lowest BCUT2D eigenvalue weighted by atomic mass is 9.96. The van der Waals surface area contributed by atoms with Crippen LogP contribution in [0.15, 0.2) is 24.3 Å². The Labute approximate surface area is 281 Å². The number of H-pyrrole nitrogens is 2. The summed E-state index contributed by atoms with van der Waals surface area (Å²) in [6.45, 7) is 12.6. The minimum Gasteiger partial charge on any atom is -0.469 e. The number of rotatable bonds is 9. The highest BCUT2D eigenvalue weighted by molar-refractivity contribution is 5.99. The van der Waals surface area contributed by atoms with Crippen molar-refractivity contribution in [3.63, 3.8) is 0 Å². The first-order valence-electron chi connectivity index (χ1n) is 16.4. The Hall–Kier alpha value is -5.23. The van der Waals surface area contributed by atoms with E-state index in [1.807, 2.05) is 13.0 Å². The second kappa shape index (κ2) is 14.3. The number of allylic oxidation sites excluding steroid dienone is 5. The second-order valence-corrected chi connectivity index (χ2v) is 12.2. The van der Waals surface area contributed by atoms with Crippen molar-refractivity contribution in [3.8, 4) is 6.07 Å². The molecule has 5 heterocycles. The molecule has 0 saturated carbocycles. The zero-order valence-corrected chi connectivity index (χ0v) is 29.1. The van der Waals surface area contributed by atoms with Gasteiger partial charge in [-0.3, -0.25) is 9.59 Å². The summed E-state index contributed by atoms with van der Waals surface area (Å²) in [4.78, 5) is 42.3. The number of ether oxygens (including phenoxy) is 2. The number of nitriles is 1. The van der Waals surface area contributed by atoms with E-state index >= 15 is 0 Å². The fourth-order valence-corrected chi connectivity index (χ4v) is 6.88. The first kappa shape index (κ1) is 34.1. The van der Waals surface area contributed by atoms with Crippen LogP contribution in [0, 0.1) is 25.2 Å². The molecule has 248 valence electrons. The summed E-state index contributed by atoms with van der Waals surface area (Å²) in [5, 5.41) is 9.60. The molecule has 3 aromatic heterocycles. The number of nitrogens with one attached hydrogen (secondary N) is 2. The number of aryl methyl sites for hydroxylation is 4. The van der Waals surface area contributed by atoms with Crippen molar-refractivity contribution in [3.05, 3.63) is 74.9 Å². The van der Waals surface area contributed by atoms with Gasteiger partial charge in [0.15, 0.2) is 0 Å². The number of esters is 2. The molecule has 0 amide bonds. The van der Waals surface area contributed by atoms with Crippen molar-refractivity contribution in [2.24, 2.45) is 0 Å². The highest BCUT2D eigenvalue weighted by atomic mass is 16.5. The van der Waals surface area contributed by atoms with Crippen molar-refractivity contribution >= 4 is 62.4 Å². The molecule has 5 rings (SSSR count). The van der Waals surface area contributed by atoms with Crippen LogP contribution in [-0.2, 0) is 31.9 Å². The number of hydrogen-bond acceptors (Lipinski definition) is 7. The van der Waals surface area contributed by atoms with Crippen LogP contribution in [0.1, 0.15) is 104 Å². The Balaban J connectivity index is 1.99. The topological polar surface area (TPSA) is 134 Å². The largest absolute Gasteiger partial charge is 0.469 e. The van der Waals surface area contributed by atoms with Crippen LogP contribution in [0.25, 0.3) is 50.4 Å². The van der Waals surface area contributed by atoms with Gasteiger partial charge < -0.3 is 19.4 Å². The molecule has 0 saturated heterocycles. The van der Waals surface area contributed by atoms with E-state index < -0.39 is 0 Å². The average Bonchev–Trinajstić information content (AvgIpc) is 3.75. The predicted octanol–water partition coefficient (Wildman–Crippen LogP) is 8.36. The zero-order valence-electron chi connectivity index (χ0n) is 29.1. The molecule has 2 aliphatic rings. The molecule has 0 aromatic carbocycles. The summed E-state index contributed by atoms with van der Waals surface area (Å²) >= 11 is 0. The van der Waals surface area contributed by atoms with Gasteiger partial charge in [-0.1, -0.05) is 13.8 Å². The number of aromatic amines is 2. The van der Waals surface area contributed by atoms with E-state index in [1.165, 1.54) is 31.4 Å². The van der Waals surface area contributed by atoms with Crippen LogP contribution in [0.3, 0.4) is 0 Å². The summed E-state index contributed by atoms with van der Waals surface area (Å²) in [5.41, 5.74) is 16.0. The number of aromatic nitrogens is 4. The summed E-state index contributed by atoms with van der Waals surface area (Å²) in [6, 6.07) is 8.42. The van der Waals surface area contributed by atoms with Crippen LogP contribution in [0.4, 0.5) is 0 Å². The lowest BCUT2D eigenvalue weighted by molar-refractivity contribution is -0.141. The van der Waals surface area contributed by atoms with Crippen LogP contribution >= 0.6 is 0 Å². The Bertz CT molecular complexity index is 2120. The molecule has 0 atom stereocenters. The Morgan fingerprint density at radius 3 is 1.85 bits per heavy atom. The normalized spacial score (nSPS) is 13.0. The maximum absolute atomic E-state index is 12.3. The number of nitrogens with zero attached hydrogens (tertiary/aromatic N) is 3. The summed E-state index contributed by atoms with van der Waals surface area (Å²) in [5.74, 6) is -0.594. The number of methoxy groups -OCH3 is 2. The predicted molar refractivity (Wildman–Crippen MR) is 191 cm³/mol. The number of fused-ring (bicyclic) bond motifs is 8. The molecule has 0 radical (unpaired) electrons. The van der Waals surface area contributed by atoms with E-state index in [1.54, 1.807) is 6.08 Å². The first-order chi connectivity index (χ1) is 23.1. The molecule has 0 fully saturated rings. The number of hydrogen-bond donors (Lipinski definition) is 2. The fraction of sp³-hybridized carbons (Fsp3) is 0.359. The van der Waals surface area contributed by atoms with Crippen molar-refractivity contribution in [1.82, 2.24) is 19.9 Å². The van der Waals surface area contributed by atoms with Gasteiger partial charge in [-0.25, -0.2) is 9.97 Å². The third-order valence-electron chi connectivity index (χ3n) is 9.61. The van der Waals surface area contributed by atoms with Gasteiger partial charge in [-0.2, -0.15) is 5.26 Å². The third-order valence-corrected chi connectivity index (χ3v) is 9.61. The third kappa shape index (κ3) is 6.35. The Morgan fingerprint density at radius 2 is 1.27 bits per heavy atom. The molecule has 0 aliphatic carbocycles. The Morgan fingerprint density at radius 1 is 0.750 bits per heavy atom. The van der Waals surface area contributed by atoms with E-state index in [2.05, 4.69) is 62.8 Å². The van der Waals surface area contributed by atoms with Gasteiger partial charge in [0.1, 0.15) is 0 Å². The van der Waals surface area contributed by atoms with E-state index in [0.29, 0.717) is 24.2 Å². The molecular formula is C39H43N5O4. The molecule has 9 nitrogen and oxygen atoms in total. The first-order valence-corrected chi connectivity index (χ1v) is 16.4. The highest BCUT2D eigenvalue weighted by Crippen LogP contribution is 2.40. The standard InChI is InChI=1S/C39H43N5O4/c1-9-25-21(3)30-19-33-26(10-2)23(5)38(43-33)29(12-11-17-40)39-24(6)28(14-16-37(46)48-8)35(44-39)20-34-27(13-15-36(45)47-7)22(4)31(42-34)18-32(25)41-30/h11-12,18-20,41-42H,9-10,13-16H2,1-8H3. The van der Waals surface area contributed by atoms with Gasteiger partial charge in [-0.15, -0.1) is 0 Å². The minimum atomic E-state index is -0.310. The lowest BCUT2D eigenvalue weighted by Crippen LogP contribution is -2.02. The molecule has 0 unspecified atom stereocenters. The molecule has 3 aromatic rings. The van der Waals surface area contributed by atoms with Gasteiger partial charge in [0.25, 0.3) is 0 Å². The van der Waals surface area contributed by atoms with Crippen molar-refractivity contribution in [2.75, 3.05) is 14.2 Å². The van der Waals surface area contributed by atoms with Gasteiger partial charge in [-0.05, 0) is 122 Å². The monoisotopic (exact) mass is 645 g/mol. The SMILES string of the molecule is CCC1=C(C)c2nc1cc1[nH]c(cc3[nH]c(cc4nc(c2C=CC#N)C(C)=C4CCC(=O)OC)c(CCC(=O)OC)c3C)c(CC)c1C. The minimum absolute atomic E-state index is 0.186. The number of carbonyl (C=O) groups excluding carboxylic acids is 2. The quantitative estimate of drug-likeness (QED) is 0.176. The maximum Gasteiger partial charge on any atom is 0.305 e. The molecular weight excluding hydrogens is 602 g/mol. The van der Waals surface area contributed by atoms with Crippen LogP contribution in [0.5, 0.6) is 0 Å². The highest BCUT2D eigenvalue weighted by Gasteiger charge is 2.25. The van der Waals surface area contributed by atoms with E-state index in [4.69, 9.17) is 19.4 Å². The van der Waals surface area contributed by atoms with E-state index in [-0.39, 0.29) is 24.8 Å². The van der Waals surface area contributed by atoms with Gasteiger partial charge >= 0.3 is 11.9 Å². The second-order valence-electron chi connectivity index (χ2n) is 12.2. The molecule has 9 heteroatoms. The van der Waals surface area contributed by atoms with Crippen LogP contribution in [0.2, 0.25) is 0 Å². The van der Waals surface area contributed by atoms with Crippen molar-refractivity contribution < 1.29 is 19.1 Å². The van der Waals surface area contributed by atoms with Gasteiger partial charge in [0.2, 0.25) is 0 Å². The number of carbonyl (C=O) groups is 2. The smallest absolute Gasteiger partial charge is 0.305 e. The van der Waals surface area contributed by atoms with Crippen LogP contribution in [-0.4, -0.2) is 46.1 Å². The summed E-state index contributed by atoms with van der Waals surface area (Å²) in [7, 11) is 2.79. The van der Waals surface area contributed by atoms with Gasteiger partial charge in [0.05, 0.1) is 43.1 Å². The molecule has 2 aliphatic heterocycles. The molecule has 0 spiro atoms. The van der Waals surface area contributed by atoms with E-state index in [0.717, 1.165) is 85.3 Å². The zero-order chi connectivity index (χ0) is 34.7. The van der Waals surface area contributed by atoms with Crippen molar-refractivity contribution in [2.45, 2.75) is 80.1 Å². The summed E-state index contributed by atoms with van der Waals surface area (Å²) in [6.07, 6.45) is 6.17.